The Hall–Kier alpha value is -6.03. The Kier molecular flexibility index (Phi) is 11.3. The molecule has 0 saturated heterocycles. The summed E-state index contributed by atoms with van der Waals surface area (Å²) in [5.41, 5.74) is -2.30. The van der Waals surface area contributed by atoms with E-state index in [-0.39, 0.29) is 73.2 Å². The Labute approximate surface area is 359 Å². The molecule has 2 aliphatic rings. The predicted octanol–water partition coefficient (Wildman–Crippen LogP) is 8.42. The highest BCUT2D eigenvalue weighted by molar-refractivity contribution is 7.97. The number of amidine groups is 1. The predicted molar refractivity (Wildman–Crippen MR) is 216 cm³/mol. The van der Waals surface area contributed by atoms with Crippen molar-refractivity contribution in [3.05, 3.63) is 122 Å². The van der Waals surface area contributed by atoms with E-state index in [1.54, 1.807) is 6.26 Å². The van der Waals surface area contributed by atoms with E-state index in [1.165, 1.54) is 43.6 Å². The highest BCUT2D eigenvalue weighted by atomic mass is 35.5. The maximum absolute atomic E-state index is 15.5. The van der Waals surface area contributed by atoms with Gasteiger partial charge in [-0.15, -0.1) is 0 Å². The lowest BCUT2D eigenvalue weighted by molar-refractivity contribution is -0.142. The van der Waals surface area contributed by atoms with E-state index in [0.29, 0.717) is 15.4 Å². The van der Waals surface area contributed by atoms with Gasteiger partial charge >= 0.3 is 6.18 Å². The number of rotatable bonds is 13. The maximum Gasteiger partial charge on any atom is 0.408 e. The SMILES string of the molecule is CNc1c(-n2c(C(Cc3cc(F)cc(F)c3)NC(=O)Cn3nc(C(F)F)c4c3C(F)(F)C3CC43)nc3cc(-c4cnn(CC(F)(F)F)c4)ccc3c2=O)ccc(Cl)c1C(=N)NSC. The highest BCUT2D eigenvalue weighted by Crippen LogP contribution is 2.68. The van der Waals surface area contributed by atoms with E-state index >= 15 is 8.78 Å². The molecule has 0 radical (unpaired) electrons. The van der Waals surface area contributed by atoms with Crippen LogP contribution in [0.4, 0.5) is 45.2 Å². The van der Waals surface area contributed by atoms with Crippen molar-refractivity contribution < 1.29 is 44.3 Å². The summed E-state index contributed by atoms with van der Waals surface area (Å²) in [4.78, 5) is 33.8. The van der Waals surface area contributed by atoms with Crippen LogP contribution in [0.1, 0.15) is 58.7 Å². The van der Waals surface area contributed by atoms with Crippen LogP contribution in [0.25, 0.3) is 27.7 Å². The minimum atomic E-state index is -4.58. The largest absolute Gasteiger partial charge is 0.408 e. The van der Waals surface area contributed by atoms with E-state index in [9.17, 15) is 40.3 Å². The molecule has 0 spiro atoms. The Morgan fingerprint density at radius 3 is 2.48 bits per heavy atom. The molecule has 0 aliphatic heterocycles. The number of nitrogens with one attached hydrogen (secondary N) is 4. The number of aromatic nitrogens is 6. The number of anilines is 1. The summed E-state index contributed by atoms with van der Waals surface area (Å²) in [6.45, 7) is -2.41. The summed E-state index contributed by atoms with van der Waals surface area (Å²) < 4.78 is 133. The number of halogens is 10. The van der Waals surface area contributed by atoms with Crippen LogP contribution >= 0.6 is 23.5 Å². The van der Waals surface area contributed by atoms with Gasteiger partial charge in [-0.25, -0.2) is 22.5 Å². The van der Waals surface area contributed by atoms with Crippen molar-refractivity contribution in [2.45, 2.75) is 56.4 Å². The fraction of sp³-hybridized carbons (Fsp3) is 0.300. The molecule has 3 aromatic carbocycles. The third-order valence-corrected chi connectivity index (χ3v) is 11.5. The zero-order valence-corrected chi connectivity index (χ0v) is 34.2. The van der Waals surface area contributed by atoms with E-state index < -0.39 is 90.4 Å². The van der Waals surface area contributed by atoms with Crippen LogP contribution in [0.5, 0.6) is 0 Å². The maximum atomic E-state index is 15.5. The molecule has 0 bridgehead atoms. The normalized spacial score (nSPS) is 16.8. The summed E-state index contributed by atoms with van der Waals surface area (Å²) in [5.74, 6) is -9.30. The van der Waals surface area contributed by atoms with E-state index in [0.717, 1.165) is 34.8 Å². The summed E-state index contributed by atoms with van der Waals surface area (Å²) >= 11 is 7.65. The lowest BCUT2D eigenvalue weighted by atomic mass is 10.0. The molecule has 4 N–H and O–H groups in total. The highest BCUT2D eigenvalue weighted by Gasteiger charge is 2.67. The second kappa shape index (κ2) is 16.3. The fourth-order valence-corrected chi connectivity index (χ4v) is 8.72. The third kappa shape index (κ3) is 8.20. The van der Waals surface area contributed by atoms with Gasteiger partial charge in [0.05, 0.1) is 45.1 Å². The quantitative estimate of drug-likeness (QED) is 0.0391. The van der Waals surface area contributed by atoms with Gasteiger partial charge in [0.2, 0.25) is 5.91 Å². The Morgan fingerprint density at radius 2 is 1.81 bits per heavy atom. The number of fused-ring (bicyclic) bond motifs is 4. The summed E-state index contributed by atoms with van der Waals surface area (Å²) in [6, 6.07) is 7.86. The summed E-state index contributed by atoms with van der Waals surface area (Å²) in [5, 5.41) is 21.8. The van der Waals surface area contributed by atoms with Crippen molar-refractivity contribution in [1.82, 2.24) is 39.2 Å². The number of nitrogens with zero attached hydrogens (tertiary/aromatic N) is 6. The van der Waals surface area contributed by atoms with Gasteiger partial charge in [-0.3, -0.25) is 28.9 Å². The zero-order chi connectivity index (χ0) is 45.3. The van der Waals surface area contributed by atoms with Crippen LogP contribution in [-0.2, 0) is 30.2 Å². The van der Waals surface area contributed by atoms with Gasteiger partial charge in [-0.05, 0) is 59.9 Å². The molecular formula is C40H32ClF9N10O2S. The van der Waals surface area contributed by atoms with Crippen LogP contribution in [0.3, 0.4) is 0 Å². The van der Waals surface area contributed by atoms with Crippen LogP contribution in [-0.4, -0.2) is 60.3 Å². The van der Waals surface area contributed by atoms with Crippen molar-refractivity contribution >= 4 is 51.9 Å². The first-order valence-corrected chi connectivity index (χ1v) is 20.5. The van der Waals surface area contributed by atoms with Gasteiger partial charge in [0.25, 0.3) is 17.9 Å². The standard InChI is InChI=1S/C40H32ClF9N10O2S/c1-52-32-28(6-5-25(41)31(32)36(51)57-63-2)60-37(55-26-10-18(3-4-22(26)38(60)62)19-13-53-58(14-19)16-39(46,47)48)27(9-17-7-20(42)11-21(43)8-17)54-29(61)15-59-34-30(33(56-59)35(44)45)23-12-24(23)40(34,49)50/h3-8,10-11,13-14,23-24,27,35,52H,9,12,15-16H2,1-2H3,(H2,51,57)(H,54,61). The van der Waals surface area contributed by atoms with Gasteiger partial charge in [0.15, 0.2) is 0 Å². The second-order valence-electron chi connectivity index (χ2n) is 14.9. The first kappa shape index (κ1) is 43.6. The van der Waals surface area contributed by atoms with Crippen molar-refractivity contribution in [1.29, 1.82) is 5.41 Å². The van der Waals surface area contributed by atoms with Crippen molar-refractivity contribution in [3.63, 3.8) is 0 Å². The third-order valence-electron chi connectivity index (χ3n) is 10.8. The number of carbonyl (C=O) groups excluding carboxylic acids is 1. The molecule has 63 heavy (non-hydrogen) atoms. The average Bonchev–Trinajstić information content (AvgIpc) is 3.62. The number of hydrogen-bond acceptors (Lipinski definition) is 8. The fourth-order valence-electron chi connectivity index (χ4n) is 8.16. The van der Waals surface area contributed by atoms with E-state index in [1.807, 2.05) is 0 Å². The monoisotopic (exact) mass is 922 g/mol. The smallest absolute Gasteiger partial charge is 0.386 e. The molecule has 3 atom stereocenters. The molecule has 1 amide bonds. The summed E-state index contributed by atoms with van der Waals surface area (Å²) in [7, 11) is 1.47. The Morgan fingerprint density at radius 1 is 1.08 bits per heavy atom. The van der Waals surface area contributed by atoms with Gasteiger partial charge in [0, 0.05) is 49.0 Å². The molecule has 23 heteroatoms. The van der Waals surface area contributed by atoms with E-state index in [4.69, 9.17) is 22.0 Å². The van der Waals surface area contributed by atoms with Crippen molar-refractivity contribution in [2.75, 3.05) is 18.6 Å². The minimum absolute atomic E-state index is 0.00599. The molecule has 3 heterocycles. The first-order chi connectivity index (χ1) is 29.8. The lowest BCUT2D eigenvalue weighted by Gasteiger charge is -2.25. The zero-order valence-electron chi connectivity index (χ0n) is 32.6. The molecule has 330 valence electrons. The first-order valence-electron chi connectivity index (χ1n) is 18.9. The Balaban J connectivity index is 1.32. The average molecular weight is 923 g/mol. The lowest BCUT2D eigenvalue weighted by Crippen LogP contribution is -2.38. The molecule has 1 saturated carbocycles. The molecule has 6 aromatic rings. The van der Waals surface area contributed by atoms with Gasteiger partial charge in [-0.2, -0.15) is 32.1 Å². The van der Waals surface area contributed by atoms with Gasteiger partial charge in [0.1, 0.15) is 47.8 Å². The van der Waals surface area contributed by atoms with Crippen LogP contribution < -0.4 is 20.9 Å². The van der Waals surface area contributed by atoms with Gasteiger partial charge < -0.3 is 15.4 Å². The molecule has 8 rings (SSSR count). The van der Waals surface area contributed by atoms with Crippen LogP contribution in [0, 0.1) is 23.0 Å². The molecular weight excluding hydrogens is 891 g/mol. The molecule has 12 nitrogen and oxygen atoms in total. The number of amides is 1. The van der Waals surface area contributed by atoms with E-state index in [2.05, 4.69) is 25.6 Å². The van der Waals surface area contributed by atoms with Crippen molar-refractivity contribution in [2.24, 2.45) is 5.92 Å². The number of hydrogen-bond donors (Lipinski definition) is 4. The molecule has 3 unspecified atom stereocenters. The number of benzene rings is 3. The molecule has 1 fully saturated rings. The molecule has 3 aromatic heterocycles. The van der Waals surface area contributed by atoms with Crippen LogP contribution in [0.15, 0.2) is 65.7 Å². The molecule has 2 aliphatic carbocycles. The second-order valence-corrected chi connectivity index (χ2v) is 15.9. The number of alkyl halides is 7. The summed E-state index contributed by atoms with van der Waals surface area (Å²) in [6.07, 6.45) is -4.41. The van der Waals surface area contributed by atoms with Crippen LogP contribution in [0.2, 0.25) is 5.02 Å². The number of carbonyl (C=O) groups is 1. The topological polar surface area (TPSA) is 148 Å². The Bertz CT molecular complexity index is 2860. The minimum Gasteiger partial charge on any atom is -0.386 e. The van der Waals surface area contributed by atoms with Gasteiger partial charge in [-0.1, -0.05) is 29.6 Å². The van der Waals surface area contributed by atoms with Crippen molar-refractivity contribution in [3.8, 4) is 16.8 Å².